The molecule has 0 bridgehead atoms. The quantitative estimate of drug-likeness (QED) is 0.388. The molecule has 0 saturated heterocycles. The lowest BCUT2D eigenvalue weighted by Gasteiger charge is -2.25. The standard InChI is InChI=1S/C24H36ClN3O4S/c1-22(2,3)32-21(29)28(9)13-12-19(27-33(30)23(4,5)6)18-14-16(25)10-11-17(18)20-26-24(7,8)15-31-20/h10-11,14H,12-13,15H2,1-9H3/b27-19-. The third kappa shape index (κ3) is 8.19. The highest BCUT2D eigenvalue weighted by atomic mass is 35.5. The molecule has 1 atom stereocenters. The summed E-state index contributed by atoms with van der Waals surface area (Å²) >= 11 is 4.83. The smallest absolute Gasteiger partial charge is 0.410 e. The van der Waals surface area contributed by atoms with Crippen LogP contribution in [-0.2, 0) is 20.8 Å². The molecule has 9 heteroatoms. The summed E-state index contributed by atoms with van der Waals surface area (Å²) in [5.41, 5.74) is 1.05. The van der Waals surface area contributed by atoms with Gasteiger partial charge >= 0.3 is 6.09 Å². The molecule has 1 heterocycles. The maximum absolute atomic E-state index is 13.0. The summed E-state index contributed by atoms with van der Waals surface area (Å²) in [5.74, 6) is 0.501. The summed E-state index contributed by atoms with van der Waals surface area (Å²) in [4.78, 5) is 18.6. The average Bonchev–Trinajstić information content (AvgIpc) is 3.01. The second kappa shape index (κ2) is 10.2. The Morgan fingerprint density at radius 2 is 1.94 bits per heavy atom. The zero-order valence-electron chi connectivity index (χ0n) is 21.1. The Bertz CT molecular complexity index is 933. The minimum absolute atomic E-state index is 0.319. The van der Waals surface area contributed by atoms with Gasteiger partial charge in [0.25, 0.3) is 0 Å². The van der Waals surface area contributed by atoms with Crippen LogP contribution in [0.4, 0.5) is 4.79 Å². The minimum Gasteiger partial charge on any atom is -0.591 e. The summed E-state index contributed by atoms with van der Waals surface area (Å²) in [7, 11) is 1.66. The number of carbonyl (C=O) groups is 1. The van der Waals surface area contributed by atoms with Crippen LogP contribution >= 0.6 is 11.6 Å². The van der Waals surface area contributed by atoms with Gasteiger partial charge in [0.05, 0.1) is 5.54 Å². The van der Waals surface area contributed by atoms with Crippen molar-refractivity contribution in [2.75, 3.05) is 20.2 Å². The molecule has 0 radical (unpaired) electrons. The van der Waals surface area contributed by atoms with E-state index in [0.29, 0.717) is 41.8 Å². The Labute approximate surface area is 205 Å². The fraction of sp³-hybridized carbons (Fsp3) is 0.625. The van der Waals surface area contributed by atoms with Crippen LogP contribution in [0.25, 0.3) is 0 Å². The molecule has 0 fully saturated rings. The van der Waals surface area contributed by atoms with Crippen molar-refractivity contribution < 1.29 is 18.8 Å². The van der Waals surface area contributed by atoms with Crippen LogP contribution in [-0.4, -0.2) is 63.2 Å². The van der Waals surface area contributed by atoms with Crippen LogP contribution < -0.4 is 0 Å². The van der Waals surface area contributed by atoms with E-state index in [0.717, 1.165) is 5.56 Å². The molecular weight excluding hydrogens is 462 g/mol. The Kier molecular flexibility index (Phi) is 8.52. The third-order valence-corrected chi connectivity index (χ3v) is 6.26. The van der Waals surface area contributed by atoms with Gasteiger partial charge in [0.2, 0.25) is 5.90 Å². The maximum atomic E-state index is 13.0. The lowest BCUT2D eigenvalue weighted by Crippen LogP contribution is -2.35. The minimum atomic E-state index is -1.51. The molecule has 33 heavy (non-hydrogen) atoms. The molecule has 1 aromatic rings. The molecule has 1 unspecified atom stereocenters. The second-order valence-corrected chi connectivity index (χ2v) is 13.1. The average molecular weight is 498 g/mol. The van der Waals surface area contributed by atoms with Crippen molar-refractivity contribution in [2.24, 2.45) is 9.39 Å². The van der Waals surface area contributed by atoms with Gasteiger partial charge in [0.1, 0.15) is 34.0 Å². The molecule has 0 aliphatic carbocycles. The van der Waals surface area contributed by atoms with E-state index in [1.54, 1.807) is 19.2 Å². The van der Waals surface area contributed by atoms with E-state index in [2.05, 4.69) is 4.40 Å². The first-order chi connectivity index (χ1) is 15.0. The molecule has 1 aliphatic heterocycles. The van der Waals surface area contributed by atoms with Crippen molar-refractivity contribution >= 4 is 40.7 Å². The monoisotopic (exact) mass is 497 g/mol. The third-order valence-electron chi connectivity index (χ3n) is 4.60. The highest BCUT2D eigenvalue weighted by Crippen LogP contribution is 2.27. The molecule has 1 aromatic carbocycles. The summed E-state index contributed by atoms with van der Waals surface area (Å²) in [6.45, 7) is 15.8. The van der Waals surface area contributed by atoms with Crippen molar-refractivity contribution in [1.29, 1.82) is 0 Å². The number of hydrogen-bond donors (Lipinski definition) is 0. The number of hydrogen-bond acceptors (Lipinski definition) is 6. The summed E-state index contributed by atoms with van der Waals surface area (Å²) in [5, 5.41) is 0.515. The van der Waals surface area contributed by atoms with Gasteiger partial charge in [0.15, 0.2) is 0 Å². The molecule has 1 aliphatic rings. The van der Waals surface area contributed by atoms with Crippen molar-refractivity contribution in [3.63, 3.8) is 0 Å². The summed E-state index contributed by atoms with van der Waals surface area (Å²) in [6, 6.07) is 5.38. The highest BCUT2D eigenvalue weighted by Gasteiger charge is 2.32. The number of halogens is 1. The van der Waals surface area contributed by atoms with Crippen molar-refractivity contribution in [3.05, 3.63) is 34.3 Å². The van der Waals surface area contributed by atoms with Gasteiger partial charge in [0, 0.05) is 36.2 Å². The Morgan fingerprint density at radius 3 is 2.45 bits per heavy atom. The van der Waals surface area contributed by atoms with Crippen LogP contribution in [0.5, 0.6) is 0 Å². The van der Waals surface area contributed by atoms with Crippen molar-refractivity contribution in [3.8, 4) is 0 Å². The van der Waals surface area contributed by atoms with Gasteiger partial charge in [-0.15, -0.1) is 0 Å². The van der Waals surface area contributed by atoms with E-state index < -0.39 is 27.8 Å². The number of nitrogens with zero attached hydrogens (tertiary/aromatic N) is 3. The van der Waals surface area contributed by atoms with Crippen LogP contribution in [0.1, 0.15) is 72.9 Å². The van der Waals surface area contributed by atoms with Gasteiger partial charge in [-0.05, 0) is 73.6 Å². The van der Waals surface area contributed by atoms with Gasteiger partial charge in [-0.2, -0.15) is 0 Å². The van der Waals surface area contributed by atoms with E-state index >= 15 is 0 Å². The number of rotatable bonds is 6. The van der Waals surface area contributed by atoms with E-state index in [1.165, 1.54) is 4.90 Å². The van der Waals surface area contributed by atoms with Gasteiger partial charge in [-0.25, -0.2) is 9.79 Å². The summed E-state index contributed by atoms with van der Waals surface area (Å²) < 4.78 is 28.3. The Morgan fingerprint density at radius 1 is 1.30 bits per heavy atom. The molecule has 0 spiro atoms. The number of ether oxygens (including phenoxy) is 2. The van der Waals surface area contributed by atoms with E-state index in [1.807, 2.05) is 61.5 Å². The zero-order valence-corrected chi connectivity index (χ0v) is 22.7. The van der Waals surface area contributed by atoms with Crippen LogP contribution in [0.3, 0.4) is 0 Å². The molecular formula is C24H36ClN3O4S. The number of carbonyl (C=O) groups excluding carboxylic acids is 1. The molecule has 2 rings (SSSR count). The molecule has 7 nitrogen and oxygen atoms in total. The fourth-order valence-corrected chi connectivity index (χ4v) is 3.67. The van der Waals surface area contributed by atoms with E-state index in [9.17, 15) is 9.35 Å². The predicted octanol–water partition coefficient (Wildman–Crippen LogP) is 5.40. The molecule has 0 aromatic heterocycles. The van der Waals surface area contributed by atoms with Crippen LogP contribution in [0, 0.1) is 0 Å². The molecule has 1 amide bonds. The topological polar surface area (TPSA) is 86.5 Å². The number of aliphatic imine (C=N–C) groups is 1. The largest absolute Gasteiger partial charge is 0.591 e. The highest BCUT2D eigenvalue weighted by molar-refractivity contribution is 7.91. The van der Waals surface area contributed by atoms with Gasteiger partial charge in [-0.3, -0.25) is 0 Å². The number of benzene rings is 1. The Balaban J connectivity index is 2.45. The Hall–Kier alpha value is -1.77. The first kappa shape index (κ1) is 27.5. The maximum Gasteiger partial charge on any atom is 0.410 e. The first-order valence-electron chi connectivity index (χ1n) is 11.0. The van der Waals surface area contributed by atoms with Gasteiger partial charge in [-0.1, -0.05) is 16.0 Å². The lowest BCUT2D eigenvalue weighted by molar-refractivity contribution is 0.0303. The summed E-state index contributed by atoms with van der Waals surface area (Å²) in [6.07, 6.45) is -0.0861. The lowest BCUT2D eigenvalue weighted by atomic mass is 10.0. The van der Waals surface area contributed by atoms with Crippen LogP contribution in [0.2, 0.25) is 5.02 Å². The zero-order chi connectivity index (χ0) is 25.2. The molecule has 0 N–H and O–H groups in total. The molecule has 184 valence electrons. The van der Waals surface area contributed by atoms with Crippen molar-refractivity contribution in [2.45, 2.75) is 77.7 Å². The SMILES string of the molecule is CN(CC/C(=N/[S+]([O-])C(C)(C)C)c1cc(Cl)ccc1C1=NC(C)(C)CO1)C(=O)OC(C)(C)C. The van der Waals surface area contributed by atoms with E-state index in [4.69, 9.17) is 26.1 Å². The number of amides is 1. The second-order valence-electron chi connectivity index (χ2n) is 10.8. The predicted molar refractivity (Wildman–Crippen MR) is 136 cm³/mol. The molecule has 0 saturated carbocycles. The fourth-order valence-electron chi connectivity index (χ4n) is 2.84. The van der Waals surface area contributed by atoms with Crippen molar-refractivity contribution in [1.82, 2.24) is 4.90 Å². The van der Waals surface area contributed by atoms with Crippen LogP contribution in [0.15, 0.2) is 27.6 Å². The van der Waals surface area contributed by atoms with E-state index in [-0.39, 0.29) is 5.54 Å². The first-order valence-corrected chi connectivity index (χ1v) is 12.4. The van der Waals surface area contributed by atoms with Gasteiger partial charge < -0.3 is 18.9 Å². The normalized spacial score (nSPS) is 17.3.